The monoisotopic (exact) mass is 458 g/mol. The third kappa shape index (κ3) is 3.49. The van der Waals surface area contributed by atoms with Crippen LogP contribution >= 0.6 is 55.1 Å². The van der Waals surface area contributed by atoms with Crippen LogP contribution in [0.25, 0.3) is 0 Å². The second-order valence-corrected chi connectivity index (χ2v) is 7.76. The number of para-hydroxylation sites is 1. The Bertz CT molecular complexity index is 743. The summed E-state index contributed by atoms with van der Waals surface area (Å²) in [4.78, 5) is -0.0251. The third-order valence-corrected chi connectivity index (χ3v) is 5.58. The van der Waals surface area contributed by atoms with Gasteiger partial charge >= 0.3 is 10.1 Å². The van der Waals surface area contributed by atoms with Crippen LogP contribution in [0, 0.1) is 0 Å². The van der Waals surface area contributed by atoms with Gasteiger partial charge in [-0.1, -0.05) is 45.2 Å². The summed E-state index contributed by atoms with van der Waals surface area (Å²) in [5, 5.41) is 0.236. The summed E-state index contributed by atoms with van der Waals surface area (Å²) < 4.78 is 30.6. The van der Waals surface area contributed by atoms with Gasteiger partial charge in [-0.05, 0) is 46.3 Å². The predicted octanol–water partition coefficient (Wildman–Crippen LogP) is 5.29. The second-order valence-electron chi connectivity index (χ2n) is 3.66. The highest BCUT2D eigenvalue weighted by Crippen LogP contribution is 2.36. The predicted molar refractivity (Wildman–Crippen MR) is 86.1 cm³/mol. The van der Waals surface area contributed by atoms with Gasteiger partial charge in [0.1, 0.15) is 4.90 Å². The van der Waals surface area contributed by atoms with Crippen molar-refractivity contribution >= 4 is 65.2 Å². The molecule has 0 unspecified atom stereocenters. The van der Waals surface area contributed by atoms with Gasteiger partial charge in [0.25, 0.3) is 0 Å². The molecule has 0 N–H and O–H groups in total. The number of benzene rings is 2. The first-order valence-corrected chi connectivity index (χ1v) is 8.90. The van der Waals surface area contributed by atoms with Gasteiger partial charge in [-0.3, -0.25) is 0 Å². The molecule has 0 saturated heterocycles. The molecule has 2 aromatic rings. The highest BCUT2D eigenvalue weighted by Gasteiger charge is 2.23. The molecule has 0 amide bonds. The molecule has 0 heterocycles. The summed E-state index contributed by atoms with van der Waals surface area (Å²) in [5.41, 5.74) is 0. The Labute approximate surface area is 143 Å². The van der Waals surface area contributed by atoms with E-state index in [9.17, 15) is 8.42 Å². The molecule has 3 nitrogen and oxygen atoms in total. The summed E-state index contributed by atoms with van der Waals surface area (Å²) in [6.45, 7) is 0. The van der Waals surface area contributed by atoms with E-state index in [1.165, 1.54) is 18.2 Å². The molecule has 0 aliphatic heterocycles. The molecule has 20 heavy (non-hydrogen) atoms. The van der Waals surface area contributed by atoms with Crippen LogP contribution in [0.5, 0.6) is 5.75 Å². The van der Waals surface area contributed by atoms with E-state index in [1.54, 1.807) is 18.2 Å². The number of rotatable bonds is 3. The highest BCUT2D eigenvalue weighted by molar-refractivity contribution is 9.11. The maximum atomic E-state index is 12.3. The molecular weight excluding hydrogens is 455 g/mol. The van der Waals surface area contributed by atoms with Crippen LogP contribution in [0.15, 0.2) is 50.2 Å². The zero-order chi connectivity index (χ0) is 14.9. The lowest BCUT2D eigenvalue weighted by Gasteiger charge is -2.11. The van der Waals surface area contributed by atoms with E-state index >= 15 is 0 Å². The van der Waals surface area contributed by atoms with Gasteiger partial charge in [0, 0.05) is 8.95 Å². The van der Waals surface area contributed by atoms with Crippen LogP contribution in [-0.4, -0.2) is 8.42 Å². The summed E-state index contributed by atoms with van der Waals surface area (Å²) in [7, 11) is -4.06. The lowest BCUT2D eigenvalue weighted by Crippen LogP contribution is -2.11. The van der Waals surface area contributed by atoms with Crippen molar-refractivity contribution in [1.82, 2.24) is 0 Å². The van der Waals surface area contributed by atoms with Crippen LogP contribution in [0.2, 0.25) is 10.0 Å². The molecule has 106 valence electrons. The molecule has 2 aromatic carbocycles. The Hall–Kier alpha value is -0.270. The molecule has 0 aromatic heterocycles. The van der Waals surface area contributed by atoms with Crippen molar-refractivity contribution in [3.63, 3.8) is 0 Å². The van der Waals surface area contributed by atoms with Crippen LogP contribution in [-0.2, 0) is 10.1 Å². The summed E-state index contributed by atoms with van der Waals surface area (Å²) in [6, 6.07) is 9.30. The van der Waals surface area contributed by atoms with Crippen molar-refractivity contribution in [2.45, 2.75) is 4.90 Å². The molecule has 0 atom stereocenters. The molecule has 0 radical (unpaired) electrons. The first-order chi connectivity index (χ1) is 9.31. The molecule has 0 spiro atoms. The minimum atomic E-state index is -4.06. The molecule has 0 aliphatic carbocycles. The van der Waals surface area contributed by atoms with Crippen molar-refractivity contribution in [1.29, 1.82) is 0 Å². The van der Waals surface area contributed by atoms with E-state index < -0.39 is 10.1 Å². The Morgan fingerprint density at radius 1 is 1.00 bits per heavy atom. The maximum Gasteiger partial charge on any atom is 0.340 e. The molecule has 8 heteroatoms. The molecule has 0 aliphatic rings. The van der Waals surface area contributed by atoms with Crippen molar-refractivity contribution in [2.75, 3.05) is 0 Å². The van der Waals surface area contributed by atoms with Gasteiger partial charge in [-0.15, -0.1) is 0 Å². The van der Waals surface area contributed by atoms with Gasteiger partial charge in [0.2, 0.25) is 0 Å². The Morgan fingerprint density at radius 3 is 2.20 bits per heavy atom. The zero-order valence-corrected chi connectivity index (χ0v) is 15.1. The van der Waals surface area contributed by atoms with Gasteiger partial charge < -0.3 is 4.18 Å². The lowest BCUT2D eigenvalue weighted by atomic mass is 10.3. The van der Waals surface area contributed by atoms with E-state index in [4.69, 9.17) is 27.4 Å². The first kappa shape index (κ1) is 16.1. The van der Waals surface area contributed by atoms with Crippen molar-refractivity contribution in [3.05, 3.63) is 55.4 Å². The van der Waals surface area contributed by atoms with Crippen molar-refractivity contribution < 1.29 is 12.6 Å². The Morgan fingerprint density at radius 2 is 1.60 bits per heavy atom. The molecule has 0 saturated carbocycles. The average Bonchev–Trinajstić information content (AvgIpc) is 2.37. The fourth-order valence-corrected chi connectivity index (χ4v) is 4.37. The molecular formula is C12H6Br2Cl2O3S. The summed E-state index contributed by atoms with van der Waals surface area (Å²) in [6.07, 6.45) is 0. The Balaban J connectivity index is 2.49. The maximum absolute atomic E-state index is 12.3. The third-order valence-electron chi connectivity index (χ3n) is 2.27. The topological polar surface area (TPSA) is 43.4 Å². The second kappa shape index (κ2) is 6.23. The van der Waals surface area contributed by atoms with Gasteiger partial charge in [0.15, 0.2) is 5.75 Å². The smallest absolute Gasteiger partial charge is 0.340 e. The van der Waals surface area contributed by atoms with E-state index in [0.29, 0.717) is 8.95 Å². The molecule has 0 fully saturated rings. The fourth-order valence-electron chi connectivity index (χ4n) is 1.39. The van der Waals surface area contributed by atoms with Crippen LogP contribution in [0.1, 0.15) is 0 Å². The standard InChI is InChI=1S/C12H6Br2Cl2O3S/c13-7-4-5-8(14)11(6-7)20(17,18)19-12-9(15)2-1-3-10(12)16/h1-6H. The largest absolute Gasteiger partial charge is 0.376 e. The number of hydrogen-bond acceptors (Lipinski definition) is 3. The fraction of sp³-hybridized carbons (Fsp3) is 0. The first-order valence-electron chi connectivity index (χ1n) is 5.15. The van der Waals surface area contributed by atoms with Gasteiger partial charge in [0.05, 0.1) is 10.0 Å². The summed E-state index contributed by atoms with van der Waals surface area (Å²) >= 11 is 18.2. The summed E-state index contributed by atoms with van der Waals surface area (Å²) in [5.74, 6) is -0.0947. The van der Waals surface area contributed by atoms with E-state index in [1.807, 2.05) is 0 Å². The van der Waals surface area contributed by atoms with Crippen LogP contribution in [0.4, 0.5) is 0 Å². The quantitative estimate of drug-likeness (QED) is 0.585. The van der Waals surface area contributed by atoms with E-state index in [-0.39, 0.29) is 20.7 Å². The van der Waals surface area contributed by atoms with Crippen LogP contribution < -0.4 is 4.18 Å². The zero-order valence-electron chi connectivity index (χ0n) is 9.61. The SMILES string of the molecule is O=S(=O)(Oc1c(Cl)cccc1Cl)c1cc(Br)ccc1Br. The molecule has 0 bridgehead atoms. The molecule has 2 rings (SSSR count). The van der Waals surface area contributed by atoms with Crippen LogP contribution in [0.3, 0.4) is 0 Å². The normalized spacial score (nSPS) is 11.4. The highest BCUT2D eigenvalue weighted by atomic mass is 79.9. The van der Waals surface area contributed by atoms with E-state index in [2.05, 4.69) is 31.9 Å². The lowest BCUT2D eigenvalue weighted by molar-refractivity contribution is 0.485. The minimum Gasteiger partial charge on any atom is -0.376 e. The van der Waals surface area contributed by atoms with Gasteiger partial charge in [-0.2, -0.15) is 8.42 Å². The number of hydrogen-bond donors (Lipinski definition) is 0. The van der Waals surface area contributed by atoms with Gasteiger partial charge in [-0.25, -0.2) is 0 Å². The average molecular weight is 461 g/mol. The van der Waals surface area contributed by atoms with Crippen molar-refractivity contribution in [3.8, 4) is 5.75 Å². The Kier molecular flexibility index (Phi) is 5.02. The van der Waals surface area contributed by atoms with Crippen molar-refractivity contribution in [2.24, 2.45) is 0 Å². The minimum absolute atomic E-state index is 0.0251. The number of halogens is 4. The van der Waals surface area contributed by atoms with E-state index in [0.717, 1.165) is 0 Å².